The molecule has 4 rings (SSSR count). The quantitative estimate of drug-likeness (QED) is 0.520. The summed E-state index contributed by atoms with van der Waals surface area (Å²) in [7, 11) is 0. The van der Waals surface area contributed by atoms with Gasteiger partial charge in [-0.05, 0) is 20.8 Å². The SMILES string of the molecule is CC12CN3CC(C)(N1O)N(O)C(C)(C3)N2O. The predicted molar refractivity (Wildman–Crippen MR) is 52.5 cm³/mol. The summed E-state index contributed by atoms with van der Waals surface area (Å²) >= 11 is 0. The molecular weight excluding hydrogens is 212 g/mol. The van der Waals surface area contributed by atoms with Gasteiger partial charge in [-0.2, -0.15) is 0 Å². The van der Waals surface area contributed by atoms with Gasteiger partial charge < -0.3 is 15.6 Å². The van der Waals surface area contributed by atoms with E-state index in [2.05, 4.69) is 4.90 Å². The molecule has 0 saturated carbocycles. The van der Waals surface area contributed by atoms with E-state index >= 15 is 0 Å². The van der Waals surface area contributed by atoms with Crippen molar-refractivity contribution in [3.05, 3.63) is 0 Å². The largest absolute Gasteiger partial charge is 0.310 e. The summed E-state index contributed by atoms with van der Waals surface area (Å²) in [5.41, 5.74) is -2.63. The molecule has 0 aromatic carbocycles. The average Bonchev–Trinajstić information content (AvgIpc) is 2.20. The lowest BCUT2D eigenvalue weighted by Crippen LogP contribution is -2.94. The van der Waals surface area contributed by atoms with Gasteiger partial charge in [0.2, 0.25) is 0 Å². The highest BCUT2D eigenvalue weighted by atomic mass is 16.6. The molecule has 4 aliphatic rings. The van der Waals surface area contributed by atoms with E-state index in [4.69, 9.17) is 0 Å². The lowest BCUT2D eigenvalue weighted by atomic mass is 9.85. The molecule has 0 radical (unpaired) electrons. The Labute approximate surface area is 93.9 Å². The molecule has 92 valence electrons. The van der Waals surface area contributed by atoms with Crippen LogP contribution < -0.4 is 0 Å². The van der Waals surface area contributed by atoms with Crippen molar-refractivity contribution in [2.75, 3.05) is 19.6 Å². The van der Waals surface area contributed by atoms with Crippen molar-refractivity contribution in [2.24, 2.45) is 0 Å². The number of hydroxylamine groups is 6. The van der Waals surface area contributed by atoms with E-state index in [1.54, 1.807) is 20.8 Å². The topological polar surface area (TPSA) is 73.7 Å². The van der Waals surface area contributed by atoms with Gasteiger partial charge in [-0.25, -0.2) is 0 Å². The monoisotopic (exact) mass is 230 g/mol. The highest BCUT2D eigenvalue weighted by Crippen LogP contribution is 2.49. The lowest BCUT2D eigenvalue weighted by Gasteiger charge is -2.73. The normalized spacial score (nSPS) is 58.5. The first-order chi connectivity index (χ1) is 7.25. The standard InChI is InChI=1S/C9H18N4O3/c1-7-4-10-5-8(2,11(7)14)13(16)9(3,6-10)12(7)15/h14-16H,4-6H2,1-3H3. The van der Waals surface area contributed by atoms with Crippen molar-refractivity contribution in [3.8, 4) is 0 Å². The van der Waals surface area contributed by atoms with Crippen LogP contribution in [0.5, 0.6) is 0 Å². The predicted octanol–water partition coefficient (Wildman–Crippen LogP) is -0.449. The van der Waals surface area contributed by atoms with Crippen LogP contribution in [-0.4, -0.2) is 72.3 Å². The van der Waals surface area contributed by atoms with Gasteiger partial charge in [0.05, 0.1) is 0 Å². The third-order valence-corrected chi connectivity index (χ3v) is 4.31. The highest BCUT2D eigenvalue weighted by molar-refractivity contribution is 5.13. The zero-order valence-electron chi connectivity index (χ0n) is 9.75. The number of hydrogen-bond acceptors (Lipinski definition) is 7. The van der Waals surface area contributed by atoms with Gasteiger partial charge in [-0.1, -0.05) is 0 Å². The molecule has 0 aliphatic carbocycles. The Morgan fingerprint density at radius 3 is 1.19 bits per heavy atom. The van der Waals surface area contributed by atoms with Gasteiger partial charge >= 0.3 is 0 Å². The third kappa shape index (κ3) is 0.863. The maximum atomic E-state index is 10.2. The molecule has 4 saturated heterocycles. The first-order valence-electron chi connectivity index (χ1n) is 5.45. The lowest BCUT2D eigenvalue weighted by molar-refractivity contribution is -0.533. The Morgan fingerprint density at radius 1 is 0.688 bits per heavy atom. The second-order valence-electron chi connectivity index (χ2n) is 5.73. The number of nitrogens with zero attached hydrogens (tertiary/aromatic N) is 4. The number of piperazine rings is 3. The van der Waals surface area contributed by atoms with Crippen molar-refractivity contribution in [1.82, 2.24) is 20.1 Å². The molecule has 0 aromatic rings. The van der Waals surface area contributed by atoms with E-state index in [9.17, 15) is 15.6 Å². The van der Waals surface area contributed by atoms with Crippen LogP contribution in [0.25, 0.3) is 0 Å². The van der Waals surface area contributed by atoms with E-state index in [0.717, 1.165) is 15.2 Å². The molecule has 4 bridgehead atoms. The first-order valence-corrected chi connectivity index (χ1v) is 5.45. The maximum absolute atomic E-state index is 10.2. The smallest absolute Gasteiger partial charge is 0.135 e. The second kappa shape index (κ2) is 2.59. The van der Waals surface area contributed by atoms with Crippen molar-refractivity contribution >= 4 is 0 Å². The fraction of sp³-hybridized carbons (Fsp3) is 1.00. The van der Waals surface area contributed by atoms with Crippen molar-refractivity contribution in [3.63, 3.8) is 0 Å². The first kappa shape index (κ1) is 10.8. The molecule has 4 heterocycles. The van der Waals surface area contributed by atoms with Gasteiger partial charge in [0.15, 0.2) is 0 Å². The zero-order valence-corrected chi connectivity index (χ0v) is 9.75. The Kier molecular flexibility index (Phi) is 1.75. The van der Waals surface area contributed by atoms with Gasteiger partial charge in [0.1, 0.15) is 17.0 Å². The summed E-state index contributed by atoms with van der Waals surface area (Å²) in [5.74, 6) is 0. The third-order valence-electron chi connectivity index (χ3n) is 4.31. The number of rotatable bonds is 0. The minimum absolute atomic E-state index is 0.555. The van der Waals surface area contributed by atoms with Crippen LogP contribution in [0, 0.1) is 0 Å². The maximum Gasteiger partial charge on any atom is 0.135 e. The molecule has 0 spiro atoms. The molecule has 0 amide bonds. The Bertz CT molecular complexity index is 285. The summed E-state index contributed by atoms with van der Waals surface area (Å²) in [6.45, 7) is 6.96. The minimum Gasteiger partial charge on any atom is -0.310 e. The van der Waals surface area contributed by atoms with Crippen LogP contribution in [0.4, 0.5) is 0 Å². The average molecular weight is 230 g/mol. The van der Waals surface area contributed by atoms with Crippen molar-refractivity contribution < 1.29 is 15.6 Å². The van der Waals surface area contributed by atoms with Crippen LogP contribution in [0.3, 0.4) is 0 Å². The van der Waals surface area contributed by atoms with Gasteiger partial charge in [-0.3, -0.25) is 4.90 Å². The van der Waals surface area contributed by atoms with Crippen molar-refractivity contribution in [2.45, 2.75) is 37.8 Å². The zero-order chi connectivity index (χ0) is 11.9. The molecule has 0 unspecified atom stereocenters. The van der Waals surface area contributed by atoms with E-state index in [1.807, 2.05) is 0 Å². The Morgan fingerprint density at radius 2 is 0.938 bits per heavy atom. The molecule has 4 aliphatic heterocycles. The fourth-order valence-corrected chi connectivity index (χ4v) is 3.67. The molecule has 0 atom stereocenters. The molecule has 7 heteroatoms. The molecule has 4 fully saturated rings. The minimum atomic E-state index is -0.876. The van der Waals surface area contributed by atoms with Crippen LogP contribution >= 0.6 is 0 Å². The van der Waals surface area contributed by atoms with Crippen LogP contribution in [0.2, 0.25) is 0 Å². The van der Waals surface area contributed by atoms with Crippen molar-refractivity contribution in [1.29, 1.82) is 0 Å². The van der Waals surface area contributed by atoms with Gasteiger partial charge in [-0.15, -0.1) is 15.2 Å². The summed E-state index contributed by atoms with van der Waals surface area (Å²) in [5, 5.41) is 33.8. The molecule has 3 N–H and O–H groups in total. The Balaban J connectivity index is 2.17. The summed E-state index contributed by atoms with van der Waals surface area (Å²) in [4.78, 5) is 2.14. The fourth-order valence-electron chi connectivity index (χ4n) is 3.67. The van der Waals surface area contributed by atoms with Crippen LogP contribution in [0.15, 0.2) is 0 Å². The van der Waals surface area contributed by atoms with Gasteiger partial charge in [0.25, 0.3) is 0 Å². The van der Waals surface area contributed by atoms with E-state index in [1.165, 1.54) is 0 Å². The molecular formula is C9H18N4O3. The van der Waals surface area contributed by atoms with Gasteiger partial charge in [0, 0.05) is 19.6 Å². The summed E-state index contributed by atoms with van der Waals surface area (Å²) in [6, 6.07) is 0. The Hall–Kier alpha value is -0.280. The molecule has 16 heavy (non-hydrogen) atoms. The summed E-state index contributed by atoms with van der Waals surface area (Å²) < 4.78 is 0. The van der Waals surface area contributed by atoms with Crippen LogP contribution in [-0.2, 0) is 0 Å². The summed E-state index contributed by atoms with van der Waals surface area (Å²) in [6.07, 6.45) is 0. The number of hydrogen-bond donors (Lipinski definition) is 3. The second-order valence-corrected chi connectivity index (χ2v) is 5.73. The highest BCUT2D eigenvalue weighted by Gasteiger charge is 2.71. The van der Waals surface area contributed by atoms with E-state index in [-0.39, 0.29) is 0 Å². The molecule has 7 nitrogen and oxygen atoms in total. The molecule has 0 aromatic heterocycles. The van der Waals surface area contributed by atoms with E-state index in [0.29, 0.717) is 19.6 Å². The van der Waals surface area contributed by atoms with E-state index < -0.39 is 17.0 Å². The van der Waals surface area contributed by atoms with Crippen LogP contribution in [0.1, 0.15) is 20.8 Å².